The number of guanidine groups is 1. The molecule has 1 aliphatic carbocycles. The van der Waals surface area contributed by atoms with Crippen molar-refractivity contribution in [1.82, 2.24) is 20.9 Å². The van der Waals surface area contributed by atoms with Crippen molar-refractivity contribution in [2.75, 3.05) is 32.7 Å². The van der Waals surface area contributed by atoms with Gasteiger partial charge in [-0.05, 0) is 26.2 Å². The molecule has 1 saturated carbocycles. The second-order valence-corrected chi connectivity index (χ2v) is 6.99. The minimum absolute atomic E-state index is 0. The molecule has 0 bridgehead atoms. The highest BCUT2D eigenvalue weighted by Crippen LogP contribution is 2.26. The van der Waals surface area contributed by atoms with E-state index < -0.39 is 0 Å². The van der Waals surface area contributed by atoms with Gasteiger partial charge < -0.3 is 20.9 Å². The van der Waals surface area contributed by atoms with Crippen LogP contribution in [-0.4, -0.2) is 61.4 Å². The highest BCUT2D eigenvalue weighted by molar-refractivity contribution is 14.0. The van der Waals surface area contributed by atoms with E-state index in [9.17, 15) is 9.59 Å². The van der Waals surface area contributed by atoms with Crippen LogP contribution in [0.2, 0.25) is 0 Å². The van der Waals surface area contributed by atoms with Crippen molar-refractivity contribution in [1.29, 1.82) is 0 Å². The molecule has 2 aliphatic rings. The first-order chi connectivity index (χ1) is 12.1. The largest absolute Gasteiger partial charge is 0.357 e. The number of carbonyl (C=O) groups excluding carboxylic acids is 2. The Hall–Kier alpha value is -1.06. The maximum absolute atomic E-state index is 12.6. The van der Waals surface area contributed by atoms with Crippen molar-refractivity contribution < 1.29 is 9.59 Å². The Morgan fingerprint density at radius 3 is 2.50 bits per heavy atom. The van der Waals surface area contributed by atoms with Crippen LogP contribution in [0.3, 0.4) is 0 Å². The van der Waals surface area contributed by atoms with E-state index >= 15 is 0 Å². The molecule has 2 fully saturated rings. The number of nitrogens with zero attached hydrogens (tertiary/aromatic N) is 2. The average Bonchev–Trinajstić information content (AvgIpc) is 3.07. The third-order valence-corrected chi connectivity index (χ3v) is 4.90. The van der Waals surface area contributed by atoms with Crippen molar-refractivity contribution in [2.45, 2.75) is 58.4 Å². The van der Waals surface area contributed by atoms with E-state index in [1.54, 1.807) is 0 Å². The van der Waals surface area contributed by atoms with Gasteiger partial charge in [-0.15, -0.1) is 24.0 Å². The van der Waals surface area contributed by atoms with Gasteiger partial charge in [-0.1, -0.05) is 19.3 Å². The van der Waals surface area contributed by atoms with Crippen LogP contribution < -0.4 is 16.0 Å². The second kappa shape index (κ2) is 12.3. The monoisotopic (exact) mass is 479 g/mol. The van der Waals surface area contributed by atoms with Crippen LogP contribution in [0.1, 0.15) is 52.4 Å². The molecule has 0 aromatic rings. The van der Waals surface area contributed by atoms with E-state index in [0.717, 1.165) is 44.9 Å². The topological polar surface area (TPSA) is 85.8 Å². The lowest BCUT2D eigenvalue weighted by Gasteiger charge is -2.26. The van der Waals surface area contributed by atoms with Gasteiger partial charge in [0.15, 0.2) is 5.96 Å². The third kappa shape index (κ3) is 7.67. The molecule has 8 heteroatoms. The van der Waals surface area contributed by atoms with Gasteiger partial charge >= 0.3 is 0 Å². The van der Waals surface area contributed by atoms with E-state index in [1.165, 1.54) is 26.2 Å². The number of aliphatic imine (C=N–C) groups is 1. The molecule has 2 rings (SSSR count). The van der Waals surface area contributed by atoms with Crippen LogP contribution in [0.5, 0.6) is 0 Å². The van der Waals surface area contributed by atoms with Gasteiger partial charge in [-0.25, -0.2) is 0 Å². The van der Waals surface area contributed by atoms with Crippen molar-refractivity contribution in [3.05, 3.63) is 0 Å². The summed E-state index contributed by atoms with van der Waals surface area (Å²) in [5, 5.41) is 9.39. The quantitative estimate of drug-likeness (QED) is 0.233. The summed E-state index contributed by atoms with van der Waals surface area (Å²) in [5.74, 6) is 1.30. The van der Waals surface area contributed by atoms with Gasteiger partial charge in [-0.3, -0.25) is 14.6 Å². The van der Waals surface area contributed by atoms with Gasteiger partial charge in [-0.2, -0.15) is 0 Å². The molecule has 26 heavy (non-hydrogen) atoms. The first kappa shape index (κ1) is 23.0. The molecule has 0 spiro atoms. The number of hydrogen-bond donors (Lipinski definition) is 3. The lowest BCUT2D eigenvalue weighted by atomic mass is 9.88. The summed E-state index contributed by atoms with van der Waals surface area (Å²) in [7, 11) is 0. The summed E-state index contributed by atoms with van der Waals surface area (Å²) in [6.45, 7) is 6.96. The van der Waals surface area contributed by atoms with Crippen LogP contribution >= 0.6 is 24.0 Å². The number of carbonyl (C=O) groups is 2. The molecule has 1 aliphatic heterocycles. The van der Waals surface area contributed by atoms with Crippen LogP contribution in [0.25, 0.3) is 0 Å². The second-order valence-electron chi connectivity index (χ2n) is 6.99. The Morgan fingerprint density at radius 1 is 1.12 bits per heavy atom. The molecular formula is C18H34IN5O2. The summed E-state index contributed by atoms with van der Waals surface area (Å²) in [4.78, 5) is 30.0. The smallest absolute Gasteiger partial charge is 0.225 e. The van der Waals surface area contributed by atoms with Gasteiger partial charge in [0.2, 0.25) is 11.8 Å². The molecule has 0 aromatic heterocycles. The molecule has 1 heterocycles. The molecule has 7 nitrogen and oxygen atoms in total. The number of hydrogen-bond acceptors (Lipinski definition) is 3. The number of rotatable bonds is 6. The minimum atomic E-state index is -0.0409. The van der Waals surface area contributed by atoms with Crippen molar-refractivity contribution in [2.24, 2.45) is 10.9 Å². The van der Waals surface area contributed by atoms with Gasteiger partial charge in [0, 0.05) is 45.1 Å². The van der Waals surface area contributed by atoms with Crippen molar-refractivity contribution >= 4 is 41.8 Å². The standard InChI is InChI=1S/C18H33N5O2.HI/c1-3-19-18(21-11-10-20-14(2)24)22-16-9-12-23(13-16)17(25)15-7-5-4-6-8-15;/h15-16H,3-13H2,1-2H3,(H,20,24)(H2,19,21,22);1H. The van der Waals surface area contributed by atoms with Crippen LogP contribution in [0, 0.1) is 5.92 Å². The van der Waals surface area contributed by atoms with E-state index in [-0.39, 0.29) is 41.8 Å². The maximum atomic E-state index is 12.6. The number of likely N-dealkylation sites (tertiary alicyclic amines) is 1. The zero-order valence-electron chi connectivity index (χ0n) is 16.1. The zero-order chi connectivity index (χ0) is 18.1. The Balaban J connectivity index is 0.00000338. The van der Waals surface area contributed by atoms with Gasteiger partial charge in [0.1, 0.15) is 0 Å². The van der Waals surface area contributed by atoms with E-state index in [4.69, 9.17) is 0 Å². The summed E-state index contributed by atoms with van der Waals surface area (Å²) < 4.78 is 0. The summed E-state index contributed by atoms with van der Waals surface area (Å²) in [5.41, 5.74) is 0. The fraction of sp³-hybridized carbons (Fsp3) is 0.833. The predicted octanol–water partition coefficient (Wildman–Crippen LogP) is 1.48. The van der Waals surface area contributed by atoms with E-state index in [0.29, 0.717) is 19.0 Å². The minimum Gasteiger partial charge on any atom is -0.357 e. The van der Waals surface area contributed by atoms with Crippen LogP contribution in [-0.2, 0) is 9.59 Å². The Morgan fingerprint density at radius 2 is 1.85 bits per heavy atom. The SMILES string of the molecule is CCNC(=NCCNC(C)=O)NC1CCN(C(=O)C2CCCCC2)C1.I. The van der Waals surface area contributed by atoms with Crippen LogP contribution in [0.4, 0.5) is 0 Å². The molecular weight excluding hydrogens is 445 g/mol. The van der Waals surface area contributed by atoms with E-state index in [2.05, 4.69) is 20.9 Å². The molecule has 0 aromatic carbocycles. The Bertz CT molecular complexity index is 480. The zero-order valence-corrected chi connectivity index (χ0v) is 18.4. The van der Waals surface area contributed by atoms with Gasteiger partial charge in [0.25, 0.3) is 0 Å². The molecule has 1 saturated heterocycles. The van der Waals surface area contributed by atoms with Gasteiger partial charge in [0.05, 0.1) is 6.54 Å². The summed E-state index contributed by atoms with van der Waals surface area (Å²) in [6, 6.07) is 0.242. The number of nitrogens with one attached hydrogen (secondary N) is 3. The number of halogens is 1. The number of amides is 2. The third-order valence-electron chi connectivity index (χ3n) is 4.90. The summed E-state index contributed by atoms with van der Waals surface area (Å²) in [6.07, 6.45) is 6.72. The lowest BCUT2D eigenvalue weighted by molar-refractivity contribution is -0.135. The van der Waals surface area contributed by atoms with E-state index in [1.807, 2.05) is 11.8 Å². The fourth-order valence-corrected chi connectivity index (χ4v) is 3.60. The molecule has 0 radical (unpaired) electrons. The molecule has 1 unspecified atom stereocenters. The Kier molecular flexibility index (Phi) is 10.9. The van der Waals surface area contributed by atoms with Crippen LogP contribution in [0.15, 0.2) is 4.99 Å². The summed E-state index contributed by atoms with van der Waals surface area (Å²) >= 11 is 0. The lowest BCUT2D eigenvalue weighted by Crippen LogP contribution is -2.45. The molecule has 150 valence electrons. The van der Waals surface area contributed by atoms with Crippen molar-refractivity contribution in [3.63, 3.8) is 0 Å². The highest BCUT2D eigenvalue weighted by Gasteiger charge is 2.31. The Labute approximate surface area is 174 Å². The average molecular weight is 479 g/mol. The maximum Gasteiger partial charge on any atom is 0.225 e. The first-order valence-corrected chi connectivity index (χ1v) is 9.68. The normalized spacial score (nSPS) is 21.1. The van der Waals surface area contributed by atoms with Crippen molar-refractivity contribution in [3.8, 4) is 0 Å². The highest BCUT2D eigenvalue weighted by atomic mass is 127. The molecule has 3 N–H and O–H groups in total. The molecule has 2 amide bonds. The first-order valence-electron chi connectivity index (χ1n) is 9.68. The predicted molar refractivity (Wildman–Crippen MR) is 115 cm³/mol. The fourth-order valence-electron chi connectivity index (χ4n) is 3.60. The molecule has 1 atom stereocenters.